The normalized spacial score (nSPS) is 11.0. The molecule has 2 aromatic carbocycles. The fraction of sp³-hybridized carbons (Fsp3) is 0.182. The van der Waals surface area contributed by atoms with Crippen molar-refractivity contribution in [2.24, 2.45) is 0 Å². The van der Waals surface area contributed by atoms with E-state index >= 15 is 0 Å². The number of hydrogen-bond donors (Lipinski definition) is 1. The van der Waals surface area contributed by atoms with Gasteiger partial charge in [0, 0.05) is 11.6 Å². The molecule has 6 nitrogen and oxygen atoms in total. The van der Waals surface area contributed by atoms with Crippen molar-refractivity contribution in [1.29, 1.82) is 0 Å². The first-order chi connectivity index (χ1) is 14.0. The van der Waals surface area contributed by atoms with E-state index in [4.69, 9.17) is 0 Å². The van der Waals surface area contributed by atoms with E-state index in [1.54, 1.807) is 6.20 Å². The molecule has 4 rings (SSSR count). The Kier molecular flexibility index (Phi) is 5.31. The van der Waals surface area contributed by atoms with E-state index in [0.29, 0.717) is 10.8 Å². The number of anilines is 1. The lowest BCUT2D eigenvalue weighted by Crippen LogP contribution is -2.15. The number of carbonyl (C=O) groups is 1. The minimum atomic E-state index is -0.110. The molecule has 0 bridgehead atoms. The van der Waals surface area contributed by atoms with Crippen molar-refractivity contribution in [2.75, 3.05) is 11.1 Å². The fourth-order valence-electron chi connectivity index (χ4n) is 3.20. The first-order valence-corrected chi connectivity index (χ1v) is 10.3. The Bertz CT molecular complexity index is 1200. The van der Waals surface area contributed by atoms with E-state index in [2.05, 4.69) is 52.5 Å². The number of fused-ring (bicyclic) bond motifs is 1. The van der Waals surface area contributed by atoms with Gasteiger partial charge >= 0.3 is 0 Å². The van der Waals surface area contributed by atoms with Gasteiger partial charge in [0.2, 0.25) is 5.91 Å². The van der Waals surface area contributed by atoms with Crippen LogP contribution in [-0.2, 0) is 4.79 Å². The first kappa shape index (κ1) is 19.1. The second-order valence-electron chi connectivity index (χ2n) is 6.87. The SMILES string of the molecule is Cc1ccc(C)c(-n2c(C)nnc2SCC(=O)Nc2cccc3cccnc23)c1. The molecule has 2 aromatic heterocycles. The van der Waals surface area contributed by atoms with Crippen molar-refractivity contribution in [3.63, 3.8) is 0 Å². The van der Waals surface area contributed by atoms with Crippen molar-refractivity contribution in [2.45, 2.75) is 25.9 Å². The summed E-state index contributed by atoms with van der Waals surface area (Å²) in [7, 11) is 0. The van der Waals surface area contributed by atoms with Crippen molar-refractivity contribution >= 4 is 34.3 Å². The monoisotopic (exact) mass is 403 g/mol. The van der Waals surface area contributed by atoms with Gasteiger partial charge in [-0.25, -0.2) is 0 Å². The van der Waals surface area contributed by atoms with Gasteiger partial charge in [-0.15, -0.1) is 10.2 Å². The zero-order chi connectivity index (χ0) is 20.4. The molecule has 1 amide bonds. The van der Waals surface area contributed by atoms with Crippen molar-refractivity contribution in [1.82, 2.24) is 19.7 Å². The van der Waals surface area contributed by atoms with Gasteiger partial charge < -0.3 is 5.32 Å². The summed E-state index contributed by atoms with van der Waals surface area (Å²) in [5, 5.41) is 13.1. The lowest BCUT2D eigenvalue weighted by molar-refractivity contribution is -0.113. The summed E-state index contributed by atoms with van der Waals surface area (Å²) >= 11 is 1.37. The van der Waals surface area contributed by atoms with Crippen LogP contribution in [0.3, 0.4) is 0 Å². The Labute approximate surface area is 173 Å². The maximum absolute atomic E-state index is 12.6. The number of aromatic nitrogens is 4. The van der Waals surface area contributed by atoms with Gasteiger partial charge in [-0.05, 0) is 50.1 Å². The van der Waals surface area contributed by atoms with Gasteiger partial charge in [0.1, 0.15) is 5.82 Å². The van der Waals surface area contributed by atoms with Crippen LogP contribution >= 0.6 is 11.8 Å². The zero-order valence-electron chi connectivity index (χ0n) is 16.5. The summed E-state index contributed by atoms with van der Waals surface area (Å²) in [5.74, 6) is 0.910. The highest BCUT2D eigenvalue weighted by Crippen LogP contribution is 2.26. The zero-order valence-corrected chi connectivity index (χ0v) is 17.3. The van der Waals surface area contributed by atoms with Crippen LogP contribution in [0, 0.1) is 20.8 Å². The minimum absolute atomic E-state index is 0.110. The first-order valence-electron chi connectivity index (χ1n) is 9.29. The van der Waals surface area contributed by atoms with E-state index < -0.39 is 0 Å². The number of para-hydroxylation sites is 1. The standard InChI is InChI=1S/C22H21N5OS/c1-14-9-10-15(2)19(12-14)27-16(3)25-26-22(27)29-13-20(28)24-18-8-4-6-17-7-5-11-23-21(17)18/h4-12H,13H2,1-3H3,(H,24,28). The Balaban J connectivity index is 1.53. The number of amides is 1. The van der Waals surface area contributed by atoms with Gasteiger partial charge in [0.25, 0.3) is 0 Å². The quantitative estimate of drug-likeness (QED) is 0.498. The molecule has 146 valence electrons. The topological polar surface area (TPSA) is 72.7 Å². The largest absolute Gasteiger partial charge is 0.323 e. The molecule has 0 atom stereocenters. The molecule has 0 fully saturated rings. The molecule has 0 unspecified atom stereocenters. The molecule has 1 N–H and O–H groups in total. The van der Waals surface area contributed by atoms with Crippen LogP contribution in [0.4, 0.5) is 5.69 Å². The average molecular weight is 404 g/mol. The van der Waals surface area contributed by atoms with Crippen LogP contribution in [0.5, 0.6) is 0 Å². The Hall–Kier alpha value is -3.19. The van der Waals surface area contributed by atoms with E-state index in [1.807, 2.05) is 41.8 Å². The summed E-state index contributed by atoms with van der Waals surface area (Å²) in [6.07, 6.45) is 1.72. The van der Waals surface area contributed by atoms with Gasteiger partial charge in [0.15, 0.2) is 5.16 Å². The number of nitrogens with one attached hydrogen (secondary N) is 1. The van der Waals surface area contributed by atoms with E-state index in [1.165, 1.54) is 11.8 Å². The van der Waals surface area contributed by atoms with Crippen LogP contribution in [0.2, 0.25) is 0 Å². The van der Waals surface area contributed by atoms with Gasteiger partial charge in [-0.3, -0.25) is 14.3 Å². The number of nitrogens with zero attached hydrogens (tertiary/aromatic N) is 4. The van der Waals surface area contributed by atoms with Crippen molar-refractivity contribution in [3.05, 3.63) is 71.7 Å². The molecule has 0 radical (unpaired) electrons. The molecule has 29 heavy (non-hydrogen) atoms. The van der Waals surface area contributed by atoms with E-state index in [9.17, 15) is 4.79 Å². The van der Waals surface area contributed by atoms with Crippen LogP contribution < -0.4 is 5.32 Å². The lowest BCUT2D eigenvalue weighted by Gasteiger charge is -2.12. The Morgan fingerprint density at radius 2 is 1.90 bits per heavy atom. The third kappa shape index (κ3) is 4.00. The summed E-state index contributed by atoms with van der Waals surface area (Å²) < 4.78 is 2.00. The maximum Gasteiger partial charge on any atom is 0.234 e. The molecule has 2 heterocycles. The minimum Gasteiger partial charge on any atom is -0.323 e. The maximum atomic E-state index is 12.6. The molecule has 7 heteroatoms. The number of rotatable bonds is 5. The lowest BCUT2D eigenvalue weighted by atomic mass is 10.1. The van der Waals surface area contributed by atoms with Gasteiger partial charge in [-0.2, -0.15) is 0 Å². The Morgan fingerprint density at radius 1 is 1.07 bits per heavy atom. The second kappa shape index (κ2) is 8.05. The van der Waals surface area contributed by atoms with Crippen molar-refractivity contribution < 1.29 is 4.79 Å². The molecule has 0 aliphatic carbocycles. The van der Waals surface area contributed by atoms with Crippen LogP contribution in [-0.4, -0.2) is 31.4 Å². The predicted molar refractivity (Wildman–Crippen MR) is 117 cm³/mol. The fourth-order valence-corrected chi connectivity index (χ4v) is 3.99. The molecule has 0 saturated heterocycles. The molecule has 0 saturated carbocycles. The molecule has 0 aliphatic rings. The van der Waals surface area contributed by atoms with Gasteiger partial charge in [0.05, 0.1) is 22.6 Å². The summed E-state index contributed by atoms with van der Waals surface area (Å²) in [4.78, 5) is 17.0. The van der Waals surface area contributed by atoms with Crippen LogP contribution in [0.25, 0.3) is 16.6 Å². The molecule has 4 aromatic rings. The predicted octanol–water partition coefficient (Wildman–Crippen LogP) is 4.47. The smallest absolute Gasteiger partial charge is 0.234 e. The van der Waals surface area contributed by atoms with E-state index in [0.717, 1.165) is 33.5 Å². The highest BCUT2D eigenvalue weighted by Gasteiger charge is 2.15. The number of carbonyl (C=O) groups excluding carboxylic acids is 1. The molecular weight excluding hydrogens is 382 g/mol. The number of thioether (sulfide) groups is 1. The molecule has 0 spiro atoms. The number of hydrogen-bond acceptors (Lipinski definition) is 5. The highest BCUT2D eigenvalue weighted by molar-refractivity contribution is 7.99. The Morgan fingerprint density at radius 3 is 2.76 bits per heavy atom. The van der Waals surface area contributed by atoms with Crippen LogP contribution in [0.15, 0.2) is 59.9 Å². The summed E-state index contributed by atoms with van der Waals surface area (Å²) in [5.41, 5.74) is 4.82. The third-order valence-electron chi connectivity index (χ3n) is 4.64. The number of benzene rings is 2. The van der Waals surface area contributed by atoms with Gasteiger partial charge in [-0.1, -0.05) is 42.1 Å². The van der Waals surface area contributed by atoms with E-state index in [-0.39, 0.29) is 11.7 Å². The number of pyridine rings is 1. The van der Waals surface area contributed by atoms with Crippen LogP contribution in [0.1, 0.15) is 17.0 Å². The third-order valence-corrected chi connectivity index (χ3v) is 5.57. The molecular formula is C22H21N5OS. The average Bonchev–Trinajstić information content (AvgIpc) is 3.09. The molecule has 0 aliphatic heterocycles. The van der Waals surface area contributed by atoms with Crippen molar-refractivity contribution in [3.8, 4) is 5.69 Å². The summed E-state index contributed by atoms with van der Waals surface area (Å²) in [6.45, 7) is 6.03. The summed E-state index contributed by atoms with van der Waals surface area (Å²) in [6, 6.07) is 15.9. The highest BCUT2D eigenvalue weighted by atomic mass is 32.2. The number of aryl methyl sites for hydroxylation is 3. The second-order valence-corrected chi connectivity index (χ2v) is 7.82.